The summed E-state index contributed by atoms with van der Waals surface area (Å²) >= 11 is 0. The third-order valence-corrected chi connectivity index (χ3v) is 2.02. The summed E-state index contributed by atoms with van der Waals surface area (Å²) < 4.78 is 4.94. The first-order chi connectivity index (χ1) is 8.72. The number of ether oxygens (including phenoxy) is 1. The number of benzene rings is 1. The van der Waals surface area contributed by atoms with Crippen molar-refractivity contribution < 1.29 is 19.1 Å². The molecule has 18 heavy (non-hydrogen) atoms. The van der Waals surface area contributed by atoms with Gasteiger partial charge in [0, 0.05) is 0 Å². The minimum atomic E-state index is -0.529. The van der Waals surface area contributed by atoms with Gasteiger partial charge in [0.05, 0.1) is 6.54 Å². The summed E-state index contributed by atoms with van der Waals surface area (Å²) in [5, 5.41) is 4.50. The van der Waals surface area contributed by atoms with E-state index < -0.39 is 11.9 Å². The lowest BCUT2D eigenvalue weighted by Crippen LogP contribution is -2.36. The van der Waals surface area contributed by atoms with Gasteiger partial charge in [-0.25, -0.2) is 0 Å². The molecule has 96 valence electrons. The first kappa shape index (κ1) is 13.7. The number of nitrogens with one attached hydrogen (secondary N) is 2. The standard InChI is InChI=1S/C12H14N2O4/c15-9-13-6-11(16)14-7-12(17)18-8-10-4-2-1-3-5-10/h1-5,9H,6-8H2,(H,13,15)(H,14,16). The fourth-order valence-corrected chi connectivity index (χ4v) is 1.16. The van der Waals surface area contributed by atoms with Gasteiger partial charge in [0.15, 0.2) is 0 Å². The van der Waals surface area contributed by atoms with E-state index >= 15 is 0 Å². The van der Waals surface area contributed by atoms with E-state index in [1.54, 1.807) is 0 Å². The van der Waals surface area contributed by atoms with Crippen LogP contribution >= 0.6 is 0 Å². The molecule has 0 aliphatic carbocycles. The molecule has 0 heterocycles. The molecule has 6 nitrogen and oxygen atoms in total. The highest BCUT2D eigenvalue weighted by Crippen LogP contribution is 2.00. The first-order valence-electron chi connectivity index (χ1n) is 5.35. The second kappa shape index (κ2) is 7.83. The Hall–Kier alpha value is -2.37. The Balaban J connectivity index is 2.18. The molecule has 0 bridgehead atoms. The average molecular weight is 250 g/mol. The first-order valence-corrected chi connectivity index (χ1v) is 5.35. The molecule has 1 aromatic rings. The molecule has 1 rings (SSSR count). The van der Waals surface area contributed by atoms with Gasteiger partial charge in [-0.3, -0.25) is 14.4 Å². The molecule has 0 aliphatic rings. The minimum absolute atomic E-state index is 0.157. The van der Waals surface area contributed by atoms with Crippen LogP contribution in [0.1, 0.15) is 5.56 Å². The van der Waals surface area contributed by atoms with E-state index in [0.29, 0.717) is 6.41 Å². The monoisotopic (exact) mass is 250 g/mol. The van der Waals surface area contributed by atoms with Crippen molar-refractivity contribution in [3.05, 3.63) is 35.9 Å². The molecule has 0 fully saturated rings. The molecule has 2 N–H and O–H groups in total. The van der Waals surface area contributed by atoms with E-state index in [2.05, 4.69) is 10.6 Å². The largest absolute Gasteiger partial charge is 0.460 e. The van der Waals surface area contributed by atoms with Gasteiger partial charge >= 0.3 is 5.97 Å². The van der Waals surface area contributed by atoms with Gasteiger partial charge in [-0.2, -0.15) is 0 Å². The zero-order chi connectivity index (χ0) is 13.2. The van der Waals surface area contributed by atoms with Crippen molar-refractivity contribution in [1.29, 1.82) is 0 Å². The van der Waals surface area contributed by atoms with Gasteiger partial charge in [0.1, 0.15) is 13.2 Å². The van der Waals surface area contributed by atoms with E-state index in [-0.39, 0.29) is 19.7 Å². The summed E-state index contributed by atoms with van der Waals surface area (Å²) in [5.41, 5.74) is 0.875. The molecule has 0 atom stereocenters. The second-order valence-electron chi connectivity index (χ2n) is 3.42. The van der Waals surface area contributed by atoms with Crippen molar-refractivity contribution in [3.63, 3.8) is 0 Å². The van der Waals surface area contributed by atoms with Gasteiger partial charge in [-0.1, -0.05) is 30.3 Å². The Morgan fingerprint density at radius 2 is 1.89 bits per heavy atom. The van der Waals surface area contributed by atoms with Crippen LogP contribution < -0.4 is 10.6 Å². The Morgan fingerprint density at radius 1 is 1.17 bits per heavy atom. The maximum absolute atomic E-state index is 11.3. The highest BCUT2D eigenvalue weighted by atomic mass is 16.5. The van der Waals surface area contributed by atoms with Gasteiger partial charge < -0.3 is 15.4 Å². The summed E-state index contributed by atoms with van der Waals surface area (Å²) in [6.07, 6.45) is 0.410. The number of esters is 1. The fourth-order valence-electron chi connectivity index (χ4n) is 1.16. The number of hydrogen-bond acceptors (Lipinski definition) is 4. The molecule has 0 aromatic heterocycles. The van der Waals surface area contributed by atoms with E-state index in [0.717, 1.165) is 5.56 Å². The zero-order valence-electron chi connectivity index (χ0n) is 9.72. The van der Waals surface area contributed by atoms with Crippen LogP contribution in [-0.2, 0) is 25.7 Å². The molecule has 0 radical (unpaired) electrons. The lowest BCUT2D eigenvalue weighted by molar-refractivity contribution is -0.145. The van der Waals surface area contributed by atoms with Crippen LogP contribution in [0.25, 0.3) is 0 Å². The summed E-state index contributed by atoms with van der Waals surface area (Å²) in [6.45, 7) is -0.205. The number of hydrogen-bond donors (Lipinski definition) is 2. The summed E-state index contributed by atoms with van der Waals surface area (Å²) in [7, 11) is 0. The third-order valence-electron chi connectivity index (χ3n) is 2.02. The van der Waals surface area contributed by atoms with Crippen molar-refractivity contribution in [2.24, 2.45) is 0 Å². The Kier molecular flexibility index (Phi) is 5.96. The highest BCUT2D eigenvalue weighted by molar-refractivity contribution is 5.84. The highest BCUT2D eigenvalue weighted by Gasteiger charge is 2.06. The number of carbonyl (C=O) groups is 3. The third kappa shape index (κ3) is 5.64. The van der Waals surface area contributed by atoms with Crippen LogP contribution in [0.15, 0.2) is 30.3 Å². The summed E-state index contributed by atoms with van der Waals surface area (Å²) in [4.78, 5) is 32.2. The minimum Gasteiger partial charge on any atom is -0.460 e. The second-order valence-corrected chi connectivity index (χ2v) is 3.42. The predicted octanol–water partition coefficient (Wildman–Crippen LogP) is -0.408. The van der Waals surface area contributed by atoms with Crippen molar-refractivity contribution in [2.75, 3.05) is 13.1 Å². The molecule has 0 saturated heterocycles. The normalized spacial score (nSPS) is 9.33. The average Bonchev–Trinajstić information content (AvgIpc) is 2.41. The van der Waals surface area contributed by atoms with Crippen molar-refractivity contribution in [2.45, 2.75) is 6.61 Å². The van der Waals surface area contributed by atoms with Crippen molar-refractivity contribution in [1.82, 2.24) is 10.6 Å². The van der Waals surface area contributed by atoms with Crippen LogP contribution in [0.3, 0.4) is 0 Å². The number of carbonyl (C=O) groups excluding carboxylic acids is 3. The summed E-state index contributed by atoms with van der Waals surface area (Å²) in [6, 6.07) is 9.22. The number of rotatable bonds is 7. The maximum Gasteiger partial charge on any atom is 0.325 e. The van der Waals surface area contributed by atoms with Crippen LogP contribution in [0, 0.1) is 0 Å². The fraction of sp³-hybridized carbons (Fsp3) is 0.250. The molecule has 2 amide bonds. The van der Waals surface area contributed by atoms with E-state index in [1.165, 1.54) is 0 Å². The molecular weight excluding hydrogens is 236 g/mol. The quantitative estimate of drug-likeness (QED) is 0.509. The maximum atomic E-state index is 11.3. The van der Waals surface area contributed by atoms with Crippen LogP contribution in [0.4, 0.5) is 0 Å². The van der Waals surface area contributed by atoms with Gasteiger partial charge in [-0.15, -0.1) is 0 Å². The van der Waals surface area contributed by atoms with E-state index in [4.69, 9.17) is 4.74 Å². The molecule has 0 spiro atoms. The Morgan fingerprint density at radius 3 is 2.56 bits per heavy atom. The molecule has 6 heteroatoms. The van der Waals surface area contributed by atoms with Crippen LogP contribution in [-0.4, -0.2) is 31.4 Å². The van der Waals surface area contributed by atoms with Crippen molar-refractivity contribution >= 4 is 18.3 Å². The zero-order valence-corrected chi connectivity index (χ0v) is 9.72. The lowest BCUT2D eigenvalue weighted by Gasteiger charge is -2.06. The predicted molar refractivity (Wildman–Crippen MR) is 63.3 cm³/mol. The summed E-state index contributed by atoms with van der Waals surface area (Å²) in [5.74, 6) is -0.975. The molecule has 0 aliphatic heterocycles. The topological polar surface area (TPSA) is 84.5 Å². The molecule has 0 saturated carbocycles. The van der Waals surface area contributed by atoms with E-state index in [9.17, 15) is 14.4 Å². The van der Waals surface area contributed by atoms with Crippen molar-refractivity contribution in [3.8, 4) is 0 Å². The van der Waals surface area contributed by atoms with Gasteiger partial charge in [0.2, 0.25) is 12.3 Å². The van der Waals surface area contributed by atoms with E-state index in [1.807, 2.05) is 30.3 Å². The number of amides is 2. The van der Waals surface area contributed by atoms with Gasteiger partial charge in [-0.05, 0) is 5.56 Å². The smallest absolute Gasteiger partial charge is 0.325 e. The molecule has 0 unspecified atom stereocenters. The van der Waals surface area contributed by atoms with Crippen LogP contribution in [0.5, 0.6) is 0 Å². The van der Waals surface area contributed by atoms with Gasteiger partial charge in [0.25, 0.3) is 0 Å². The molecule has 1 aromatic carbocycles. The lowest BCUT2D eigenvalue weighted by atomic mass is 10.2. The Bertz CT molecular complexity index is 406. The van der Waals surface area contributed by atoms with Crippen LogP contribution in [0.2, 0.25) is 0 Å². The SMILES string of the molecule is O=CNCC(=O)NCC(=O)OCc1ccccc1. The Labute approximate surface area is 104 Å². The molecular formula is C12H14N2O4.